The van der Waals surface area contributed by atoms with Gasteiger partial charge in [0.15, 0.2) is 0 Å². The molecule has 1 aromatic rings. The van der Waals surface area contributed by atoms with Gasteiger partial charge >= 0.3 is 0 Å². The molecule has 0 saturated carbocycles. The van der Waals surface area contributed by atoms with E-state index in [2.05, 4.69) is 33.9 Å². The largest absolute Gasteiger partial charge is 0.380 e. The Hall–Kier alpha value is -1.25. The van der Waals surface area contributed by atoms with Crippen molar-refractivity contribution in [2.75, 3.05) is 31.6 Å². The number of anilines is 1. The number of aromatic nitrogens is 2. The molecule has 0 radical (unpaired) electrons. The normalized spacial score (nSPS) is 11.8. The molecule has 1 heterocycles. The SMILES string of the molecule is CCNc1ncc(S(=O)(=O)NCCOCCC(C)C)cn1. The highest BCUT2D eigenvalue weighted by molar-refractivity contribution is 7.89. The summed E-state index contributed by atoms with van der Waals surface area (Å²) in [5.74, 6) is 0.988. The molecule has 7 nitrogen and oxygen atoms in total. The van der Waals surface area contributed by atoms with E-state index >= 15 is 0 Å². The number of hydrogen-bond acceptors (Lipinski definition) is 6. The van der Waals surface area contributed by atoms with E-state index in [1.54, 1.807) is 0 Å². The van der Waals surface area contributed by atoms with E-state index in [1.807, 2.05) is 6.92 Å². The zero-order valence-corrected chi connectivity index (χ0v) is 13.6. The van der Waals surface area contributed by atoms with Gasteiger partial charge in [0, 0.05) is 19.7 Å². The van der Waals surface area contributed by atoms with Crippen molar-refractivity contribution in [3.8, 4) is 0 Å². The predicted octanol–water partition coefficient (Wildman–Crippen LogP) is 1.25. The fraction of sp³-hybridized carbons (Fsp3) is 0.692. The second kappa shape index (κ2) is 8.91. The second-order valence-electron chi connectivity index (χ2n) is 4.97. The Balaban J connectivity index is 2.39. The molecule has 0 atom stereocenters. The van der Waals surface area contributed by atoms with Crippen LogP contribution in [0.2, 0.25) is 0 Å². The molecule has 0 aliphatic heterocycles. The van der Waals surface area contributed by atoms with E-state index < -0.39 is 10.0 Å². The van der Waals surface area contributed by atoms with Crippen LogP contribution < -0.4 is 10.0 Å². The molecule has 0 unspecified atom stereocenters. The summed E-state index contributed by atoms with van der Waals surface area (Å²) in [6.45, 7) is 8.04. The molecule has 0 fully saturated rings. The van der Waals surface area contributed by atoms with Crippen LogP contribution in [-0.4, -0.2) is 44.7 Å². The third kappa shape index (κ3) is 6.83. The highest BCUT2D eigenvalue weighted by atomic mass is 32.2. The van der Waals surface area contributed by atoms with Crippen LogP contribution in [0.4, 0.5) is 5.95 Å². The number of sulfonamides is 1. The molecule has 0 saturated heterocycles. The zero-order valence-electron chi connectivity index (χ0n) is 12.8. The van der Waals surface area contributed by atoms with Crippen molar-refractivity contribution >= 4 is 16.0 Å². The van der Waals surface area contributed by atoms with Crippen molar-refractivity contribution in [3.63, 3.8) is 0 Å². The van der Waals surface area contributed by atoms with Gasteiger partial charge in [-0.3, -0.25) is 0 Å². The van der Waals surface area contributed by atoms with E-state index in [0.717, 1.165) is 6.42 Å². The summed E-state index contributed by atoms with van der Waals surface area (Å²) in [5.41, 5.74) is 0. The highest BCUT2D eigenvalue weighted by Crippen LogP contribution is 2.07. The van der Waals surface area contributed by atoms with Gasteiger partial charge in [0.2, 0.25) is 16.0 Å². The van der Waals surface area contributed by atoms with Gasteiger partial charge in [0.25, 0.3) is 0 Å². The Morgan fingerprint density at radius 3 is 2.48 bits per heavy atom. The van der Waals surface area contributed by atoms with Crippen LogP contribution in [-0.2, 0) is 14.8 Å². The van der Waals surface area contributed by atoms with Crippen molar-refractivity contribution in [2.45, 2.75) is 32.1 Å². The molecule has 0 aliphatic rings. The quantitative estimate of drug-likeness (QED) is 0.631. The highest BCUT2D eigenvalue weighted by Gasteiger charge is 2.14. The third-order valence-corrected chi connectivity index (χ3v) is 4.07. The average Bonchev–Trinajstić information content (AvgIpc) is 2.43. The fourth-order valence-electron chi connectivity index (χ4n) is 1.46. The van der Waals surface area contributed by atoms with Crippen LogP contribution in [0.5, 0.6) is 0 Å². The number of nitrogens with zero attached hydrogens (tertiary/aromatic N) is 2. The summed E-state index contributed by atoms with van der Waals surface area (Å²) in [4.78, 5) is 7.93. The molecular formula is C13H24N4O3S. The van der Waals surface area contributed by atoms with Crippen LogP contribution in [0, 0.1) is 5.92 Å². The molecule has 0 amide bonds. The lowest BCUT2D eigenvalue weighted by atomic mass is 10.1. The number of rotatable bonds is 10. The Morgan fingerprint density at radius 1 is 1.24 bits per heavy atom. The minimum absolute atomic E-state index is 0.0475. The number of ether oxygens (including phenoxy) is 1. The topological polar surface area (TPSA) is 93.2 Å². The first-order valence-electron chi connectivity index (χ1n) is 7.09. The molecule has 0 bridgehead atoms. The molecule has 0 aromatic carbocycles. The van der Waals surface area contributed by atoms with Gasteiger partial charge in [-0.15, -0.1) is 0 Å². The maximum atomic E-state index is 12.0. The molecule has 0 aliphatic carbocycles. The number of hydrogen-bond donors (Lipinski definition) is 2. The van der Waals surface area contributed by atoms with Gasteiger partial charge in [0.05, 0.1) is 19.0 Å². The van der Waals surface area contributed by atoms with Gasteiger partial charge in [0.1, 0.15) is 4.90 Å². The Kier molecular flexibility index (Phi) is 7.55. The Bertz CT molecular complexity index is 503. The van der Waals surface area contributed by atoms with Crippen LogP contribution in [0.1, 0.15) is 27.2 Å². The van der Waals surface area contributed by atoms with E-state index in [9.17, 15) is 8.42 Å². The monoisotopic (exact) mass is 316 g/mol. The first-order chi connectivity index (χ1) is 9.95. The predicted molar refractivity (Wildman–Crippen MR) is 81.7 cm³/mol. The zero-order chi connectivity index (χ0) is 15.7. The fourth-order valence-corrected chi connectivity index (χ4v) is 2.36. The smallest absolute Gasteiger partial charge is 0.243 e. The molecule has 120 valence electrons. The van der Waals surface area contributed by atoms with Crippen LogP contribution in [0.3, 0.4) is 0 Å². The van der Waals surface area contributed by atoms with Crippen molar-refractivity contribution in [1.82, 2.24) is 14.7 Å². The van der Waals surface area contributed by atoms with Gasteiger partial charge in [-0.25, -0.2) is 23.1 Å². The molecule has 8 heteroatoms. The molecular weight excluding hydrogens is 292 g/mol. The first-order valence-corrected chi connectivity index (χ1v) is 8.57. The maximum absolute atomic E-state index is 12.0. The summed E-state index contributed by atoms with van der Waals surface area (Å²) < 4.78 is 31.8. The van der Waals surface area contributed by atoms with E-state index in [0.29, 0.717) is 31.6 Å². The summed E-state index contributed by atoms with van der Waals surface area (Å²) in [7, 11) is -3.58. The summed E-state index contributed by atoms with van der Waals surface area (Å²) >= 11 is 0. The van der Waals surface area contributed by atoms with Crippen molar-refractivity contribution in [1.29, 1.82) is 0 Å². The minimum atomic E-state index is -3.58. The van der Waals surface area contributed by atoms with E-state index in [-0.39, 0.29) is 11.4 Å². The first kappa shape index (κ1) is 17.8. The van der Waals surface area contributed by atoms with Gasteiger partial charge in [-0.05, 0) is 19.3 Å². The van der Waals surface area contributed by atoms with Gasteiger partial charge in [-0.1, -0.05) is 13.8 Å². The molecule has 2 N–H and O–H groups in total. The summed E-state index contributed by atoms with van der Waals surface area (Å²) in [5, 5.41) is 2.90. The van der Waals surface area contributed by atoms with Crippen molar-refractivity contribution in [2.24, 2.45) is 5.92 Å². The minimum Gasteiger partial charge on any atom is -0.380 e. The maximum Gasteiger partial charge on any atom is 0.243 e. The van der Waals surface area contributed by atoms with E-state index in [1.165, 1.54) is 12.4 Å². The molecule has 0 spiro atoms. The molecule has 21 heavy (non-hydrogen) atoms. The lowest BCUT2D eigenvalue weighted by Gasteiger charge is -2.08. The van der Waals surface area contributed by atoms with Crippen molar-refractivity contribution in [3.05, 3.63) is 12.4 Å². The average molecular weight is 316 g/mol. The van der Waals surface area contributed by atoms with Gasteiger partial charge < -0.3 is 10.1 Å². The van der Waals surface area contributed by atoms with E-state index in [4.69, 9.17) is 4.74 Å². The molecule has 1 aromatic heterocycles. The summed E-state index contributed by atoms with van der Waals surface area (Å²) in [6, 6.07) is 0. The molecule has 1 rings (SSSR count). The Morgan fingerprint density at radius 2 is 1.90 bits per heavy atom. The lowest BCUT2D eigenvalue weighted by Crippen LogP contribution is -2.28. The lowest BCUT2D eigenvalue weighted by molar-refractivity contribution is 0.128. The summed E-state index contributed by atoms with van der Waals surface area (Å²) in [6.07, 6.45) is 3.53. The van der Waals surface area contributed by atoms with Gasteiger partial charge in [-0.2, -0.15) is 0 Å². The van der Waals surface area contributed by atoms with Crippen molar-refractivity contribution < 1.29 is 13.2 Å². The standard InChI is InChI=1S/C13H24N4O3S/c1-4-14-13-15-9-12(10-16-13)21(18,19)17-6-8-20-7-5-11(2)3/h9-11,17H,4-8H2,1-3H3,(H,14,15,16). The van der Waals surface area contributed by atoms with Crippen LogP contribution in [0.15, 0.2) is 17.3 Å². The number of nitrogens with one attached hydrogen (secondary N) is 2. The third-order valence-electron chi connectivity index (χ3n) is 2.65. The van der Waals surface area contributed by atoms with Crippen LogP contribution in [0.25, 0.3) is 0 Å². The van der Waals surface area contributed by atoms with Crippen LogP contribution >= 0.6 is 0 Å². The Labute approximate surface area is 126 Å². The second-order valence-corrected chi connectivity index (χ2v) is 6.73.